The van der Waals surface area contributed by atoms with Crippen molar-refractivity contribution in [1.29, 1.82) is 0 Å². The lowest BCUT2D eigenvalue weighted by Gasteiger charge is -2.44. The van der Waals surface area contributed by atoms with Gasteiger partial charge in [0, 0.05) is 7.11 Å². The van der Waals surface area contributed by atoms with Gasteiger partial charge in [0.2, 0.25) is 0 Å². The zero-order chi connectivity index (χ0) is 14.8. The number of benzene rings is 1. The van der Waals surface area contributed by atoms with E-state index in [-0.39, 0.29) is 11.6 Å². The molecule has 1 aliphatic carbocycles. The van der Waals surface area contributed by atoms with Crippen LogP contribution in [0.1, 0.15) is 55.3 Å². The van der Waals surface area contributed by atoms with Gasteiger partial charge in [-0.1, -0.05) is 25.1 Å². The van der Waals surface area contributed by atoms with Gasteiger partial charge in [-0.2, -0.15) is 0 Å². The lowest BCUT2D eigenvalue weighted by molar-refractivity contribution is -0.0763. The maximum atomic E-state index is 5.99. The third kappa shape index (κ3) is 2.76. The minimum Gasteiger partial charge on any atom is -0.376 e. The second-order valence-corrected chi connectivity index (χ2v) is 6.34. The van der Waals surface area contributed by atoms with Crippen LogP contribution in [0.15, 0.2) is 18.2 Å². The van der Waals surface area contributed by atoms with E-state index in [1.54, 1.807) is 0 Å². The molecule has 1 unspecified atom stereocenters. The van der Waals surface area contributed by atoms with Crippen LogP contribution in [-0.4, -0.2) is 12.7 Å². The number of aryl methyl sites for hydroxylation is 1. The molecule has 1 atom stereocenters. The summed E-state index contributed by atoms with van der Waals surface area (Å²) in [6, 6.07) is 6.48. The minimum atomic E-state index is -0.181. The fourth-order valence-corrected chi connectivity index (χ4v) is 3.47. The molecule has 0 radical (unpaired) electrons. The first kappa shape index (κ1) is 15.5. The van der Waals surface area contributed by atoms with Crippen molar-refractivity contribution >= 4 is 0 Å². The predicted octanol–water partition coefficient (Wildman–Crippen LogP) is 3.40. The highest BCUT2D eigenvalue weighted by atomic mass is 16.5. The van der Waals surface area contributed by atoms with Gasteiger partial charge in [0.25, 0.3) is 0 Å². The molecule has 112 valence electrons. The lowest BCUT2D eigenvalue weighted by Crippen LogP contribution is -2.50. The van der Waals surface area contributed by atoms with E-state index in [4.69, 9.17) is 10.6 Å². The van der Waals surface area contributed by atoms with Crippen molar-refractivity contribution in [2.75, 3.05) is 7.11 Å². The van der Waals surface area contributed by atoms with Crippen LogP contribution in [0.5, 0.6) is 0 Å². The number of hydrogen-bond acceptors (Lipinski definition) is 3. The molecule has 1 aromatic carbocycles. The summed E-state index contributed by atoms with van der Waals surface area (Å²) in [6.07, 6.45) is 4.54. The molecule has 3 N–H and O–H groups in total. The Morgan fingerprint density at radius 3 is 2.50 bits per heavy atom. The molecule has 1 aromatic rings. The van der Waals surface area contributed by atoms with Crippen LogP contribution in [0.4, 0.5) is 0 Å². The summed E-state index contributed by atoms with van der Waals surface area (Å²) in [6.45, 7) is 6.64. The van der Waals surface area contributed by atoms with E-state index in [0.717, 1.165) is 18.8 Å². The molecule has 0 bridgehead atoms. The molecule has 0 saturated heterocycles. The zero-order valence-electron chi connectivity index (χ0n) is 13.2. The molecule has 0 spiro atoms. The van der Waals surface area contributed by atoms with Crippen molar-refractivity contribution in [3.05, 3.63) is 34.9 Å². The maximum Gasteiger partial charge on any atom is 0.0885 e. The van der Waals surface area contributed by atoms with Crippen LogP contribution in [0.3, 0.4) is 0 Å². The van der Waals surface area contributed by atoms with Crippen molar-refractivity contribution in [2.24, 2.45) is 11.8 Å². The number of methoxy groups -OCH3 is 1. The van der Waals surface area contributed by atoms with E-state index < -0.39 is 0 Å². The Balaban J connectivity index is 2.37. The average Bonchev–Trinajstić information content (AvgIpc) is 2.46. The number of hydrazine groups is 1. The molecule has 0 heterocycles. The molecule has 3 heteroatoms. The highest BCUT2D eigenvalue weighted by molar-refractivity contribution is 5.37. The Kier molecular flexibility index (Phi) is 4.84. The molecule has 2 rings (SSSR count). The third-order valence-corrected chi connectivity index (χ3v) is 5.18. The molecule has 0 aromatic heterocycles. The largest absolute Gasteiger partial charge is 0.376 e. The molecular formula is C17H28N2O. The Labute approximate surface area is 122 Å². The fourth-order valence-electron chi connectivity index (χ4n) is 3.47. The summed E-state index contributed by atoms with van der Waals surface area (Å²) in [4.78, 5) is 0. The van der Waals surface area contributed by atoms with Crippen LogP contribution in [0, 0.1) is 19.8 Å². The van der Waals surface area contributed by atoms with Crippen LogP contribution in [0.2, 0.25) is 0 Å². The molecule has 1 saturated carbocycles. The van der Waals surface area contributed by atoms with E-state index in [0.29, 0.717) is 0 Å². The highest BCUT2D eigenvalue weighted by Gasteiger charge is 2.42. The predicted molar refractivity (Wildman–Crippen MR) is 83.4 cm³/mol. The van der Waals surface area contributed by atoms with Gasteiger partial charge in [0.15, 0.2) is 0 Å². The summed E-state index contributed by atoms with van der Waals surface area (Å²) in [5, 5.41) is 0. The Bertz CT molecular complexity index is 450. The number of nitrogens with one attached hydrogen (secondary N) is 1. The molecule has 1 aliphatic rings. The van der Waals surface area contributed by atoms with Gasteiger partial charge in [-0.05, 0) is 62.1 Å². The average molecular weight is 276 g/mol. The Hall–Kier alpha value is -0.900. The second kappa shape index (κ2) is 6.25. The van der Waals surface area contributed by atoms with Crippen LogP contribution < -0.4 is 11.3 Å². The Morgan fingerprint density at radius 2 is 1.95 bits per heavy atom. The van der Waals surface area contributed by atoms with E-state index >= 15 is 0 Å². The third-order valence-electron chi connectivity index (χ3n) is 5.18. The summed E-state index contributed by atoms with van der Waals surface area (Å²) < 4.78 is 5.99. The minimum absolute atomic E-state index is 0.0555. The number of hydrogen-bond donors (Lipinski definition) is 2. The van der Waals surface area contributed by atoms with Gasteiger partial charge < -0.3 is 4.74 Å². The molecule has 1 fully saturated rings. The van der Waals surface area contributed by atoms with Crippen molar-refractivity contribution in [1.82, 2.24) is 5.43 Å². The van der Waals surface area contributed by atoms with Gasteiger partial charge in [0.05, 0.1) is 11.6 Å². The molecular weight excluding hydrogens is 248 g/mol. The summed E-state index contributed by atoms with van der Waals surface area (Å²) >= 11 is 0. The SMILES string of the molecule is COC1(C(NN)c2cccc(C)c2C)CCC(C)CC1. The molecule has 20 heavy (non-hydrogen) atoms. The molecule has 3 nitrogen and oxygen atoms in total. The van der Waals surface area contributed by atoms with Crippen LogP contribution in [0.25, 0.3) is 0 Å². The van der Waals surface area contributed by atoms with Crippen molar-refractivity contribution in [3.8, 4) is 0 Å². The van der Waals surface area contributed by atoms with Crippen molar-refractivity contribution in [3.63, 3.8) is 0 Å². The topological polar surface area (TPSA) is 47.3 Å². The van der Waals surface area contributed by atoms with Gasteiger partial charge in [-0.25, -0.2) is 0 Å². The lowest BCUT2D eigenvalue weighted by atomic mass is 9.73. The van der Waals surface area contributed by atoms with Gasteiger partial charge in [0.1, 0.15) is 0 Å². The first-order valence-electron chi connectivity index (χ1n) is 7.61. The van der Waals surface area contributed by atoms with E-state index in [1.165, 1.54) is 29.5 Å². The fraction of sp³-hybridized carbons (Fsp3) is 0.647. The van der Waals surface area contributed by atoms with Gasteiger partial charge >= 0.3 is 0 Å². The smallest absolute Gasteiger partial charge is 0.0885 e. The number of nitrogens with two attached hydrogens (primary N) is 1. The summed E-state index contributed by atoms with van der Waals surface area (Å²) in [7, 11) is 1.82. The van der Waals surface area contributed by atoms with Gasteiger partial charge in [-0.3, -0.25) is 11.3 Å². The molecule has 0 amide bonds. The van der Waals surface area contributed by atoms with E-state index in [2.05, 4.69) is 44.4 Å². The van der Waals surface area contributed by atoms with E-state index in [1.807, 2.05) is 7.11 Å². The van der Waals surface area contributed by atoms with Crippen LogP contribution >= 0.6 is 0 Å². The second-order valence-electron chi connectivity index (χ2n) is 6.34. The monoisotopic (exact) mass is 276 g/mol. The zero-order valence-corrected chi connectivity index (χ0v) is 13.2. The highest BCUT2D eigenvalue weighted by Crippen LogP contribution is 2.43. The summed E-state index contributed by atoms with van der Waals surface area (Å²) in [5.74, 6) is 6.71. The first-order chi connectivity index (χ1) is 9.54. The number of ether oxygens (including phenoxy) is 1. The normalized spacial score (nSPS) is 28.4. The summed E-state index contributed by atoms with van der Waals surface area (Å²) in [5.41, 5.74) is 6.74. The molecule has 0 aliphatic heterocycles. The number of rotatable bonds is 4. The van der Waals surface area contributed by atoms with Crippen molar-refractivity contribution in [2.45, 2.75) is 58.1 Å². The first-order valence-corrected chi connectivity index (χ1v) is 7.61. The van der Waals surface area contributed by atoms with Gasteiger partial charge in [-0.15, -0.1) is 0 Å². The Morgan fingerprint density at radius 1 is 1.30 bits per heavy atom. The maximum absolute atomic E-state index is 5.99. The van der Waals surface area contributed by atoms with Crippen LogP contribution in [-0.2, 0) is 4.74 Å². The van der Waals surface area contributed by atoms with Crippen molar-refractivity contribution < 1.29 is 4.74 Å². The van der Waals surface area contributed by atoms with E-state index in [9.17, 15) is 0 Å². The standard InChI is InChI=1S/C17H28N2O/c1-12-8-10-17(20-4,11-9-12)16(19-18)15-7-5-6-13(2)14(15)3/h5-7,12,16,19H,8-11,18H2,1-4H3. The quantitative estimate of drug-likeness (QED) is 0.654.